The number of nitrogens with two attached hydrogens (primary N) is 1. The second-order valence-electron chi connectivity index (χ2n) is 6.00. The lowest BCUT2D eigenvalue weighted by Crippen LogP contribution is -2.46. The Balaban J connectivity index is 2.19. The van der Waals surface area contributed by atoms with E-state index in [9.17, 15) is 0 Å². The van der Waals surface area contributed by atoms with E-state index >= 15 is 0 Å². The van der Waals surface area contributed by atoms with Crippen molar-refractivity contribution in [2.24, 2.45) is 11.7 Å². The summed E-state index contributed by atoms with van der Waals surface area (Å²) in [5.74, 6) is 1.95. The van der Waals surface area contributed by atoms with E-state index in [1.54, 1.807) is 6.20 Å². The SMILES string of the molecule is CCN(c1nccc(OC(C)C)n1)C1CCCCC1CN. The lowest BCUT2D eigenvalue weighted by molar-refractivity contribution is 0.231. The average molecular weight is 292 g/mol. The number of nitrogens with zero attached hydrogens (tertiary/aromatic N) is 3. The third kappa shape index (κ3) is 4.06. The van der Waals surface area contributed by atoms with E-state index in [0.29, 0.717) is 17.8 Å². The molecule has 5 heteroatoms. The first-order chi connectivity index (χ1) is 10.2. The van der Waals surface area contributed by atoms with Crippen LogP contribution < -0.4 is 15.4 Å². The van der Waals surface area contributed by atoms with Gasteiger partial charge in [-0.15, -0.1) is 0 Å². The third-order valence-corrected chi connectivity index (χ3v) is 4.14. The van der Waals surface area contributed by atoms with Crippen molar-refractivity contribution in [3.63, 3.8) is 0 Å². The van der Waals surface area contributed by atoms with Crippen LogP contribution in [0.15, 0.2) is 12.3 Å². The van der Waals surface area contributed by atoms with Crippen LogP contribution in [0.25, 0.3) is 0 Å². The molecule has 1 fully saturated rings. The van der Waals surface area contributed by atoms with Crippen LogP contribution in [-0.2, 0) is 0 Å². The molecular weight excluding hydrogens is 264 g/mol. The van der Waals surface area contributed by atoms with Gasteiger partial charge in [-0.3, -0.25) is 0 Å². The largest absolute Gasteiger partial charge is 0.475 e. The lowest BCUT2D eigenvalue weighted by atomic mass is 9.83. The van der Waals surface area contributed by atoms with Gasteiger partial charge in [0.05, 0.1) is 6.10 Å². The van der Waals surface area contributed by atoms with E-state index in [4.69, 9.17) is 10.5 Å². The summed E-state index contributed by atoms with van der Waals surface area (Å²) in [5.41, 5.74) is 5.97. The molecule has 21 heavy (non-hydrogen) atoms. The molecule has 0 radical (unpaired) electrons. The van der Waals surface area contributed by atoms with Crippen molar-refractivity contribution >= 4 is 5.95 Å². The molecular formula is C16H28N4O. The molecule has 2 N–H and O–H groups in total. The number of ether oxygens (including phenoxy) is 1. The minimum absolute atomic E-state index is 0.120. The first-order valence-electron chi connectivity index (χ1n) is 8.12. The zero-order valence-corrected chi connectivity index (χ0v) is 13.5. The standard InChI is InChI=1S/C16H28N4O/c1-4-20(14-8-6-5-7-13(14)11-17)16-18-10-9-15(19-16)21-12(2)3/h9-10,12-14H,4-8,11,17H2,1-3H3. The highest BCUT2D eigenvalue weighted by molar-refractivity contribution is 5.34. The zero-order valence-electron chi connectivity index (χ0n) is 13.5. The molecule has 1 aromatic rings. The molecule has 2 atom stereocenters. The van der Waals surface area contributed by atoms with Gasteiger partial charge in [0, 0.05) is 24.8 Å². The predicted molar refractivity (Wildman–Crippen MR) is 85.6 cm³/mol. The van der Waals surface area contributed by atoms with Gasteiger partial charge in [-0.1, -0.05) is 12.8 Å². The minimum Gasteiger partial charge on any atom is -0.475 e. The second kappa shape index (κ2) is 7.59. The molecule has 118 valence electrons. The molecule has 0 spiro atoms. The number of hydrogen-bond donors (Lipinski definition) is 1. The van der Waals surface area contributed by atoms with Crippen molar-refractivity contribution in [2.75, 3.05) is 18.0 Å². The number of hydrogen-bond acceptors (Lipinski definition) is 5. The van der Waals surface area contributed by atoms with Crippen LogP contribution in [-0.4, -0.2) is 35.2 Å². The Bertz CT molecular complexity index is 438. The van der Waals surface area contributed by atoms with E-state index in [0.717, 1.165) is 19.0 Å². The fourth-order valence-electron chi connectivity index (χ4n) is 3.18. The molecule has 2 unspecified atom stereocenters. The van der Waals surface area contributed by atoms with Crippen molar-refractivity contribution in [1.82, 2.24) is 9.97 Å². The molecule has 2 rings (SSSR count). The van der Waals surface area contributed by atoms with E-state index in [-0.39, 0.29) is 6.10 Å². The molecule has 0 aromatic carbocycles. The normalized spacial score (nSPS) is 22.3. The van der Waals surface area contributed by atoms with Crippen LogP contribution in [0.4, 0.5) is 5.95 Å². The summed E-state index contributed by atoms with van der Waals surface area (Å²) in [4.78, 5) is 11.3. The molecule has 0 amide bonds. The van der Waals surface area contributed by atoms with Gasteiger partial charge < -0.3 is 15.4 Å². The van der Waals surface area contributed by atoms with Crippen molar-refractivity contribution in [3.05, 3.63) is 12.3 Å². The molecule has 1 aliphatic rings. The number of rotatable bonds is 6. The summed E-state index contributed by atoms with van der Waals surface area (Å²) in [7, 11) is 0. The van der Waals surface area contributed by atoms with Gasteiger partial charge in [0.2, 0.25) is 11.8 Å². The second-order valence-corrected chi connectivity index (χ2v) is 6.00. The summed E-state index contributed by atoms with van der Waals surface area (Å²) in [5, 5.41) is 0. The monoisotopic (exact) mass is 292 g/mol. The highest BCUT2D eigenvalue weighted by atomic mass is 16.5. The molecule has 1 aromatic heterocycles. The van der Waals surface area contributed by atoms with Crippen LogP contribution >= 0.6 is 0 Å². The molecule has 0 bridgehead atoms. The number of aromatic nitrogens is 2. The fraction of sp³-hybridized carbons (Fsp3) is 0.750. The Morgan fingerprint density at radius 1 is 1.38 bits per heavy atom. The summed E-state index contributed by atoms with van der Waals surface area (Å²) in [6.07, 6.45) is 6.83. The fourth-order valence-corrected chi connectivity index (χ4v) is 3.18. The highest BCUT2D eigenvalue weighted by Crippen LogP contribution is 2.30. The Hall–Kier alpha value is -1.36. The zero-order chi connectivity index (χ0) is 15.2. The molecule has 5 nitrogen and oxygen atoms in total. The smallest absolute Gasteiger partial charge is 0.228 e. The quantitative estimate of drug-likeness (QED) is 0.873. The van der Waals surface area contributed by atoms with Crippen LogP contribution in [0.2, 0.25) is 0 Å². The van der Waals surface area contributed by atoms with Crippen molar-refractivity contribution < 1.29 is 4.74 Å². The predicted octanol–water partition coefficient (Wildman–Crippen LogP) is 2.61. The first-order valence-corrected chi connectivity index (χ1v) is 8.12. The average Bonchev–Trinajstić information content (AvgIpc) is 2.48. The van der Waals surface area contributed by atoms with Gasteiger partial charge in [0.25, 0.3) is 0 Å². The van der Waals surface area contributed by atoms with E-state index in [1.807, 2.05) is 19.9 Å². The van der Waals surface area contributed by atoms with Crippen LogP contribution in [0, 0.1) is 5.92 Å². The summed E-state index contributed by atoms with van der Waals surface area (Å²) >= 11 is 0. The number of anilines is 1. The third-order valence-electron chi connectivity index (χ3n) is 4.14. The Kier molecular flexibility index (Phi) is 5.79. The molecule has 1 saturated carbocycles. The Labute approximate surface area is 127 Å². The van der Waals surface area contributed by atoms with Gasteiger partial charge in [-0.2, -0.15) is 4.98 Å². The van der Waals surface area contributed by atoms with Gasteiger partial charge >= 0.3 is 0 Å². The Morgan fingerprint density at radius 3 is 2.81 bits per heavy atom. The van der Waals surface area contributed by atoms with Gasteiger partial charge in [-0.25, -0.2) is 4.98 Å². The lowest BCUT2D eigenvalue weighted by Gasteiger charge is -2.39. The van der Waals surface area contributed by atoms with E-state index in [1.165, 1.54) is 25.7 Å². The summed E-state index contributed by atoms with van der Waals surface area (Å²) < 4.78 is 5.69. The molecule has 1 aliphatic carbocycles. The maximum atomic E-state index is 5.97. The van der Waals surface area contributed by atoms with Crippen LogP contribution in [0.5, 0.6) is 5.88 Å². The first kappa shape index (κ1) is 16.0. The summed E-state index contributed by atoms with van der Waals surface area (Å²) in [6.45, 7) is 7.80. The molecule has 1 heterocycles. The summed E-state index contributed by atoms with van der Waals surface area (Å²) in [6, 6.07) is 2.27. The maximum absolute atomic E-state index is 5.97. The molecule has 0 aliphatic heterocycles. The van der Waals surface area contributed by atoms with Crippen LogP contribution in [0.1, 0.15) is 46.5 Å². The molecule has 0 saturated heterocycles. The Morgan fingerprint density at radius 2 is 2.14 bits per heavy atom. The van der Waals surface area contributed by atoms with Crippen molar-refractivity contribution in [3.8, 4) is 5.88 Å². The topological polar surface area (TPSA) is 64.3 Å². The highest BCUT2D eigenvalue weighted by Gasteiger charge is 2.30. The van der Waals surface area contributed by atoms with E-state index < -0.39 is 0 Å². The van der Waals surface area contributed by atoms with Crippen molar-refractivity contribution in [2.45, 2.75) is 58.6 Å². The van der Waals surface area contributed by atoms with Crippen molar-refractivity contribution in [1.29, 1.82) is 0 Å². The van der Waals surface area contributed by atoms with Crippen LogP contribution in [0.3, 0.4) is 0 Å². The van der Waals surface area contributed by atoms with Gasteiger partial charge in [-0.05, 0) is 46.1 Å². The van der Waals surface area contributed by atoms with E-state index in [2.05, 4.69) is 21.8 Å². The van der Waals surface area contributed by atoms with Gasteiger partial charge in [0.1, 0.15) is 0 Å². The van der Waals surface area contributed by atoms with Gasteiger partial charge in [0.15, 0.2) is 0 Å². The maximum Gasteiger partial charge on any atom is 0.228 e. The minimum atomic E-state index is 0.120.